The lowest BCUT2D eigenvalue weighted by Gasteiger charge is -2.42. The van der Waals surface area contributed by atoms with E-state index in [-0.39, 0.29) is 5.82 Å². The average Bonchev–Trinajstić information content (AvgIpc) is 2.33. The summed E-state index contributed by atoms with van der Waals surface area (Å²) in [7, 11) is 0. The number of benzene rings is 2. The Morgan fingerprint density at radius 3 is 2.50 bits per heavy atom. The summed E-state index contributed by atoms with van der Waals surface area (Å²) < 4.78 is 13.2. The van der Waals surface area contributed by atoms with E-state index in [9.17, 15) is 4.39 Å². The van der Waals surface area contributed by atoms with Crippen LogP contribution in [0.4, 0.5) is 15.8 Å². The second kappa shape index (κ2) is 4.33. The minimum Gasteiger partial charge on any atom is -0.397 e. The molecule has 1 heterocycles. The van der Waals surface area contributed by atoms with E-state index >= 15 is 0 Å². The van der Waals surface area contributed by atoms with Gasteiger partial charge in [0.1, 0.15) is 5.82 Å². The first-order chi connectivity index (χ1) is 8.74. The molecule has 0 spiro atoms. The van der Waals surface area contributed by atoms with Gasteiger partial charge in [-0.05, 0) is 23.8 Å². The Morgan fingerprint density at radius 2 is 1.78 bits per heavy atom. The summed E-state index contributed by atoms with van der Waals surface area (Å²) in [5.74, 6) is 0.288. The van der Waals surface area contributed by atoms with Crippen molar-refractivity contribution in [1.82, 2.24) is 0 Å². The fourth-order valence-electron chi connectivity index (χ4n) is 2.40. The zero-order chi connectivity index (χ0) is 12.5. The van der Waals surface area contributed by atoms with Crippen LogP contribution in [-0.2, 0) is 0 Å². The standard InChI is InChI=1S/C15H15FN2/c16-13-6-7-14(17)15(8-13)18-9-12(10-18)11-4-2-1-3-5-11/h1-8,12H,9-10,17H2. The summed E-state index contributed by atoms with van der Waals surface area (Å²) in [5, 5.41) is 0. The lowest BCUT2D eigenvalue weighted by Crippen LogP contribution is -2.45. The van der Waals surface area contributed by atoms with Crippen LogP contribution in [0.25, 0.3) is 0 Å². The number of hydrogen-bond donors (Lipinski definition) is 1. The van der Waals surface area contributed by atoms with Crippen molar-refractivity contribution in [2.45, 2.75) is 5.92 Å². The topological polar surface area (TPSA) is 29.3 Å². The van der Waals surface area contributed by atoms with Crippen molar-refractivity contribution in [2.24, 2.45) is 0 Å². The fraction of sp³-hybridized carbons (Fsp3) is 0.200. The van der Waals surface area contributed by atoms with Crippen molar-refractivity contribution in [1.29, 1.82) is 0 Å². The van der Waals surface area contributed by atoms with E-state index in [0.29, 0.717) is 11.6 Å². The van der Waals surface area contributed by atoms with Gasteiger partial charge < -0.3 is 10.6 Å². The molecule has 0 aromatic heterocycles. The molecule has 0 atom stereocenters. The molecule has 0 unspecified atom stereocenters. The summed E-state index contributed by atoms with van der Waals surface area (Å²) in [6.07, 6.45) is 0. The molecule has 2 aromatic carbocycles. The molecule has 0 aliphatic carbocycles. The quantitative estimate of drug-likeness (QED) is 0.820. The van der Waals surface area contributed by atoms with Gasteiger partial charge in [-0.3, -0.25) is 0 Å². The smallest absolute Gasteiger partial charge is 0.125 e. The van der Waals surface area contributed by atoms with Crippen LogP contribution in [0.2, 0.25) is 0 Å². The Bertz CT molecular complexity index is 548. The Labute approximate surface area is 106 Å². The molecule has 0 bridgehead atoms. The van der Waals surface area contributed by atoms with Crippen LogP contribution in [0.5, 0.6) is 0 Å². The third kappa shape index (κ3) is 1.92. The highest BCUT2D eigenvalue weighted by Crippen LogP contribution is 2.34. The van der Waals surface area contributed by atoms with Crippen LogP contribution in [0.1, 0.15) is 11.5 Å². The van der Waals surface area contributed by atoms with Gasteiger partial charge in [-0.15, -0.1) is 0 Å². The van der Waals surface area contributed by atoms with Crippen molar-refractivity contribution in [3.05, 3.63) is 59.9 Å². The summed E-state index contributed by atoms with van der Waals surface area (Å²) in [4.78, 5) is 2.12. The lowest BCUT2D eigenvalue weighted by molar-refractivity contribution is 0.523. The van der Waals surface area contributed by atoms with Gasteiger partial charge in [-0.2, -0.15) is 0 Å². The van der Waals surface area contributed by atoms with Crippen LogP contribution in [0.3, 0.4) is 0 Å². The first-order valence-electron chi connectivity index (χ1n) is 6.09. The van der Waals surface area contributed by atoms with Gasteiger partial charge in [0, 0.05) is 19.0 Å². The summed E-state index contributed by atoms with van der Waals surface area (Å²) in [6.45, 7) is 1.80. The number of nitrogen functional groups attached to an aromatic ring is 1. The van der Waals surface area contributed by atoms with E-state index in [1.165, 1.54) is 17.7 Å². The molecule has 92 valence electrons. The molecule has 2 nitrogen and oxygen atoms in total. The predicted octanol–water partition coefficient (Wildman–Crippen LogP) is 3.01. The normalized spacial score (nSPS) is 15.5. The highest BCUT2D eigenvalue weighted by atomic mass is 19.1. The van der Waals surface area contributed by atoms with Gasteiger partial charge in [-0.25, -0.2) is 4.39 Å². The molecule has 1 saturated heterocycles. The second-order valence-corrected chi connectivity index (χ2v) is 4.72. The number of nitrogens with two attached hydrogens (primary N) is 1. The molecule has 2 aromatic rings. The van der Waals surface area contributed by atoms with E-state index in [2.05, 4.69) is 29.2 Å². The minimum atomic E-state index is -0.234. The van der Waals surface area contributed by atoms with E-state index in [4.69, 9.17) is 5.73 Å². The third-order valence-corrected chi connectivity index (χ3v) is 3.49. The maximum atomic E-state index is 13.2. The van der Waals surface area contributed by atoms with Crippen molar-refractivity contribution in [3.63, 3.8) is 0 Å². The lowest BCUT2D eigenvalue weighted by atomic mass is 9.91. The number of hydrogen-bond acceptors (Lipinski definition) is 2. The van der Waals surface area contributed by atoms with Crippen LogP contribution in [0, 0.1) is 5.82 Å². The Balaban J connectivity index is 1.74. The van der Waals surface area contributed by atoms with Gasteiger partial charge in [0.2, 0.25) is 0 Å². The minimum absolute atomic E-state index is 0.234. The molecule has 0 radical (unpaired) electrons. The van der Waals surface area contributed by atoms with Crippen LogP contribution in [-0.4, -0.2) is 13.1 Å². The van der Waals surface area contributed by atoms with Crippen molar-refractivity contribution < 1.29 is 4.39 Å². The third-order valence-electron chi connectivity index (χ3n) is 3.49. The monoisotopic (exact) mass is 242 g/mol. The predicted molar refractivity (Wildman–Crippen MR) is 72.2 cm³/mol. The van der Waals surface area contributed by atoms with Gasteiger partial charge in [-0.1, -0.05) is 30.3 Å². The average molecular weight is 242 g/mol. The van der Waals surface area contributed by atoms with Crippen molar-refractivity contribution in [2.75, 3.05) is 23.7 Å². The molecule has 3 heteroatoms. The van der Waals surface area contributed by atoms with Crippen LogP contribution < -0.4 is 10.6 Å². The second-order valence-electron chi connectivity index (χ2n) is 4.72. The van der Waals surface area contributed by atoms with E-state index in [0.717, 1.165) is 18.8 Å². The molecule has 2 N–H and O–H groups in total. The van der Waals surface area contributed by atoms with E-state index in [1.54, 1.807) is 6.07 Å². The summed E-state index contributed by atoms with van der Waals surface area (Å²) in [6, 6.07) is 14.9. The van der Waals surface area contributed by atoms with Crippen molar-refractivity contribution in [3.8, 4) is 0 Å². The number of rotatable bonds is 2. The maximum absolute atomic E-state index is 13.2. The molecule has 0 amide bonds. The van der Waals surface area contributed by atoms with E-state index < -0.39 is 0 Å². The largest absolute Gasteiger partial charge is 0.397 e. The number of nitrogens with zero attached hydrogens (tertiary/aromatic N) is 1. The molecule has 0 saturated carbocycles. The molecule has 1 aliphatic rings. The molecule has 3 rings (SSSR count). The van der Waals surface area contributed by atoms with Gasteiger partial charge in [0.05, 0.1) is 11.4 Å². The molecular weight excluding hydrogens is 227 g/mol. The van der Waals surface area contributed by atoms with Gasteiger partial charge in [0.15, 0.2) is 0 Å². The highest BCUT2D eigenvalue weighted by Gasteiger charge is 2.29. The van der Waals surface area contributed by atoms with Crippen LogP contribution >= 0.6 is 0 Å². The molecule has 1 aliphatic heterocycles. The first kappa shape index (κ1) is 11.1. The van der Waals surface area contributed by atoms with Gasteiger partial charge >= 0.3 is 0 Å². The van der Waals surface area contributed by atoms with Crippen molar-refractivity contribution >= 4 is 11.4 Å². The summed E-state index contributed by atoms with van der Waals surface area (Å²) in [5.41, 5.74) is 8.66. The fourth-order valence-corrected chi connectivity index (χ4v) is 2.40. The zero-order valence-electron chi connectivity index (χ0n) is 10.0. The van der Waals surface area contributed by atoms with Gasteiger partial charge in [0.25, 0.3) is 0 Å². The molecular formula is C15H15FN2. The highest BCUT2D eigenvalue weighted by molar-refractivity contribution is 5.69. The zero-order valence-corrected chi connectivity index (χ0v) is 10.0. The Kier molecular flexibility index (Phi) is 2.67. The first-order valence-corrected chi connectivity index (χ1v) is 6.09. The Hall–Kier alpha value is -2.03. The van der Waals surface area contributed by atoms with E-state index in [1.807, 2.05) is 6.07 Å². The maximum Gasteiger partial charge on any atom is 0.125 e. The summed E-state index contributed by atoms with van der Waals surface area (Å²) >= 11 is 0. The number of halogens is 1. The molecule has 18 heavy (non-hydrogen) atoms. The Morgan fingerprint density at radius 1 is 1.06 bits per heavy atom. The molecule has 1 fully saturated rings. The SMILES string of the molecule is Nc1ccc(F)cc1N1CC(c2ccccc2)C1. The van der Waals surface area contributed by atoms with Crippen LogP contribution in [0.15, 0.2) is 48.5 Å². The number of anilines is 2.